The number of hydrogen-bond acceptors (Lipinski definition) is 2. The minimum Gasteiger partial charge on any atom is -0.494 e. The fourth-order valence-corrected chi connectivity index (χ4v) is 1.91. The van der Waals surface area contributed by atoms with Gasteiger partial charge in [0.25, 0.3) is 5.95 Å². The molecule has 112 valence electrons. The van der Waals surface area contributed by atoms with E-state index in [1.807, 2.05) is 31.2 Å². The van der Waals surface area contributed by atoms with Crippen molar-refractivity contribution in [2.45, 2.75) is 26.2 Å². The van der Waals surface area contributed by atoms with Crippen LogP contribution in [0.2, 0.25) is 0 Å². The molecule has 2 nitrogen and oxygen atoms in total. The third-order valence-electron chi connectivity index (χ3n) is 3.04. The molecular weight excluding hydrogens is 279 g/mol. The minimum absolute atomic E-state index is 0.0696. The molecule has 1 aromatic heterocycles. The summed E-state index contributed by atoms with van der Waals surface area (Å²) in [6.07, 6.45) is 1.70. The molecule has 0 radical (unpaired) electrons. The topological polar surface area (TPSA) is 22.1 Å². The van der Waals surface area contributed by atoms with Gasteiger partial charge in [-0.15, -0.1) is 0 Å². The van der Waals surface area contributed by atoms with Crippen LogP contribution in [0.5, 0.6) is 5.75 Å². The van der Waals surface area contributed by atoms with Crippen LogP contribution in [0.4, 0.5) is 13.2 Å². The predicted molar refractivity (Wildman–Crippen MR) is 73.7 cm³/mol. The Bertz CT molecular complexity index is 599. The number of nitrogens with zero attached hydrogens (tertiary/aromatic N) is 1. The zero-order valence-corrected chi connectivity index (χ0v) is 11.7. The highest BCUT2D eigenvalue weighted by Gasteiger charge is 2.11. The monoisotopic (exact) mass is 295 g/mol. The van der Waals surface area contributed by atoms with Crippen molar-refractivity contribution in [3.63, 3.8) is 0 Å². The molecule has 2 rings (SSSR count). The highest BCUT2D eigenvalue weighted by atomic mass is 19.2. The molecule has 5 heteroatoms. The maximum absolute atomic E-state index is 13.4. The Hall–Kier alpha value is -2.04. The summed E-state index contributed by atoms with van der Waals surface area (Å²) in [7, 11) is 0. The lowest BCUT2D eigenvalue weighted by atomic mass is 10.1. The van der Waals surface area contributed by atoms with E-state index < -0.39 is 17.7 Å². The Morgan fingerprint density at radius 2 is 1.71 bits per heavy atom. The summed E-state index contributed by atoms with van der Waals surface area (Å²) >= 11 is 0. The number of pyridine rings is 1. The van der Waals surface area contributed by atoms with Gasteiger partial charge in [-0.05, 0) is 43.0 Å². The summed E-state index contributed by atoms with van der Waals surface area (Å²) in [5.41, 5.74) is 1.03. The SMILES string of the molecule is CCCOc1ccc(CCc2cc(F)c(F)nc2F)cc1. The van der Waals surface area contributed by atoms with Gasteiger partial charge in [0.1, 0.15) is 5.75 Å². The van der Waals surface area contributed by atoms with Gasteiger partial charge in [0.15, 0.2) is 5.82 Å². The average Bonchev–Trinajstić information content (AvgIpc) is 2.48. The van der Waals surface area contributed by atoms with E-state index in [2.05, 4.69) is 4.98 Å². The molecule has 1 heterocycles. The third kappa shape index (κ3) is 4.21. The van der Waals surface area contributed by atoms with E-state index in [1.165, 1.54) is 0 Å². The molecule has 0 unspecified atom stereocenters. The molecule has 0 fully saturated rings. The van der Waals surface area contributed by atoms with E-state index in [4.69, 9.17) is 4.74 Å². The fourth-order valence-electron chi connectivity index (χ4n) is 1.91. The van der Waals surface area contributed by atoms with Crippen LogP contribution in [0.1, 0.15) is 24.5 Å². The van der Waals surface area contributed by atoms with E-state index in [0.29, 0.717) is 13.0 Å². The van der Waals surface area contributed by atoms with E-state index in [9.17, 15) is 13.2 Å². The molecule has 0 atom stereocenters. The summed E-state index contributed by atoms with van der Waals surface area (Å²) in [6.45, 7) is 2.68. The van der Waals surface area contributed by atoms with Crippen molar-refractivity contribution in [1.82, 2.24) is 4.98 Å². The quantitative estimate of drug-likeness (QED) is 0.749. The summed E-state index contributed by atoms with van der Waals surface area (Å²) in [5, 5.41) is 0. The standard InChI is InChI=1S/C16H16F3NO/c1-2-9-21-13-7-4-11(5-8-13)3-6-12-10-14(17)16(19)20-15(12)18/h4-5,7-8,10H,2-3,6,9H2,1H3. The Morgan fingerprint density at radius 1 is 1.00 bits per heavy atom. The smallest absolute Gasteiger partial charge is 0.251 e. The van der Waals surface area contributed by atoms with E-state index in [-0.39, 0.29) is 12.0 Å². The number of rotatable bonds is 6. The van der Waals surface area contributed by atoms with Crippen LogP contribution >= 0.6 is 0 Å². The van der Waals surface area contributed by atoms with Gasteiger partial charge in [0, 0.05) is 5.56 Å². The van der Waals surface area contributed by atoms with Crippen LogP contribution in [0.15, 0.2) is 30.3 Å². The van der Waals surface area contributed by atoms with Crippen molar-refractivity contribution in [1.29, 1.82) is 0 Å². The third-order valence-corrected chi connectivity index (χ3v) is 3.04. The molecular formula is C16H16F3NO. The van der Waals surface area contributed by atoms with Gasteiger partial charge in [-0.2, -0.15) is 13.8 Å². The van der Waals surface area contributed by atoms with Crippen molar-refractivity contribution in [3.8, 4) is 5.75 Å². The van der Waals surface area contributed by atoms with Gasteiger partial charge >= 0.3 is 0 Å². The van der Waals surface area contributed by atoms with Crippen molar-refractivity contribution in [2.24, 2.45) is 0 Å². The van der Waals surface area contributed by atoms with Crippen LogP contribution in [0.3, 0.4) is 0 Å². The lowest BCUT2D eigenvalue weighted by Crippen LogP contribution is -2.02. The first kappa shape index (κ1) is 15.4. The summed E-state index contributed by atoms with van der Waals surface area (Å²) in [5.74, 6) is -2.72. The number of hydrogen-bond donors (Lipinski definition) is 0. The first-order chi connectivity index (χ1) is 10.1. The average molecular weight is 295 g/mol. The molecule has 1 aromatic carbocycles. The van der Waals surface area contributed by atoms with Gasteiger partial charge < -0.3 is 4.74 Å². The molecule has 0 bridgehead atoms. The second kappa shape index (κ2) is 7.11. The van der Waals surface area contributed by atoms with E-state index in [1.54, 1.807) is 0 Å². The van der Waals surface area contributed by atoms with Gasteiger partial charge in [-0.1, -0.05) is 19.1 Å². The first-order valence-electron chi connectivity index (χ1n) is 6.82. The Labute approximate surface area is 121 Å². The maximum atomic E-state index is 13.4. The number of aryl methyl sites for hydroxylation is 2. The summed E-state index contributed by atoms with van der Waals surface area (Å²) in [4.78, 5) is 2.90. The number of halogens is 3. The number of aromatic nitrogens is 1. The lowest BCUT2D eigenvalue weighted by molar-refractivity contribution is 0.317. The predicted octanol–water partition coefficient (Wildman–Crippen LogP) is 4.07. The second-order valence-electron chi connectivity index (χ2n) is 4.70. The fraction of sp³-hybridized carbons (Fsp3) is 0.312. The second-order valence-corrected chi connectivity index (χ2v) is 4.70. The van der Waals surface area contributed by atoms with Crippen molar-refractivity contribution < 1.29 is 17.9 Å². The lowest BCUT2D eigenvalue weighted by Gasteiger charge is -2.07. The number of benzene rings is 1. The van der Waals surface area contributed by atoms with Gasteiger partial charge in [-0.3, -0.25) is 0 Å². The van der Waals surface area contributed by atoms with Crippen LogP contribution in [-0.4, -0.2) is 11.6 Å². The minimum atomic E-state index is -1.41. The maximum Gasteiger partial charge on any atom is 0.251 e. The molecule has 21 heavy (non-hydrogen) atoms. The van der Waals surface area contributed by atoms with Gasteiger partial charge in [0.2, 0.25) is 5.95 Å². The molecule has 0 aliphatic heterocycles. The normalized spacial score (nSPS) is 10.7. The molecule has 2 aromatic rings. The first-order valence-corrected chi connectivity index (χ1v) is 6.82. The van der Waals surface area contributed by atoms with Crippen LogP contribution in [-0.2, 0) is 12.8 Å². The summed E-state index contributed by atoms with van der Waals surface area (Å²) < 4.78 is 44.6. The molecule has 0 amide bonds. The molecule has 0 N–H and O–H groups in total. The van der Waals surface area contributed by atoms with E-state index in [0.717, 1.165) is 23.8 Å². The zero-order chi connectivity index (χ0) is 15.2. The highest BCUT2D eigenvalue weighted by Crippen LogP contribution is 2.16. The highest BCUT2D eigenvalue weighted by molar-refractivity contribution is 5.28. The van der Waals surface area contributed by atoms with Gasteiger partial charge in [0.05, 0.1) is 6.61 Å². The molecule has 0 spiro atoms. The summed E-state index contributed by atoms with van der Waals surface area (Å²) in [6, 6.07) is 8.28. The zero-order valence-electron chi connectivity index (χ0n) is 11.7. The van der Waals surface area contributed by atoms with Crippen LogP contribution in [0, 0.1) is 17.7 Å². The van der Waals surface area contributed by atoms with Crippen LogP contribution in [0.25, 0.3) is 0 Å². The van der Waals surface area contributed by atoms with Crippen molar-refractivity contribution in [3.05, 3.63) is 59.2 Å². The van der Waals surface area contributed by atoms with Crippen molar-refractivity contribution in [2.75, 3.05) is 6.61 Å². The largest absolute Gasteiger partial charge is 0.494 e. The molecule has 0 saturated heterocycles. The van der Waals surface area contributed by atoms with Gasteiger partial charge in [-0.25, -0.2) is 4.39 Å². The van der Waals surface area contributed by atoms with Crippen LogP contribution < -0.4 is 4.74 Å². The Kier molecular flexibility index (Phi) is 5.20. The molecule has 0 aliphatic carbocycles. The Balaban J connectivity index is 1.98. The van der Waals surface area contributed by atoms with Crippen molar-refractivity contribution >= 4 is 0 Å². The molecule has 0 aliphatic rings. The van der Waals surface area contributed by atoms with E-state index >= 15 is 0 Å². The Morgan fingerprint density at radius 3 is 2.38 bits per heavy atom. The molecule has 0 saturated carbocycles. The number of ether oxygens (including phenoxy) is 1.